The van der Waals surface area contributed by atoms with Crippen LogP contribution in [0, 0.1) is 10.5 Å². The van der Waals surface area contributed by atoms with Crippen LogP contribution in [0.2, 0.25) is 5.02 Å². The summed E-state index contributed by atoms with van der Waals surface area (Å²) in [5.41, 5.74) is 2.91. The van der Waals surface area contributed by atoms with Crippen LogP contribution in [0.3, 0.4) is 0 Å². The molecule has 0 aliphatic carbocycles. The highest BCUT2D eigenvalue weighted by atomic mass is 127. The fourth-order valence-corrected chi connectivity index (χ4v) is 5.07. The molecule has 10 heteroatoms. The van der Waals surface area contributed by atoms with E-state index in [1.54, 1.807) is 36.4 Å². The Hall–Kier alpha value is -2.34. The van der Waals surface area contributed by atoms with E-state index in [0.717, 1.165) is 30.9 Å². The van der Waals surface area contributed by atoms with Crippen molar-refractivity contribution >= 4 is 90.7 Å². The molecular weight excluding hydrogens is 679 g/mol. The monoisotopic (exact) mass is 696 g/mol. The van der Waals surface area contributed by atoms with E-state index in [1.165, 1.54) is 4.90 Å². The van der Waals surface area contributed by atoms with Gasteiger partial charge in [0.15, 0.2) is 6.61 Å². The topological polar surface area (TPSA) is 75.7 Å². The Morgan fingerprint density at radius 1 is 1.14 bits per heavy atom. The Balaban J connectivity index is 1.47. The van der Waals surface area contributed by atoms with Crippen molar-refractivity contribution in [3.63, 3.8) is 0 Å². The molecule has 3 amide bonds. The number of imide groups is 1. The standard InChI is InChI=1S/C26H19BrClIN2O4S/c1-15-2-8-20(12-21(15)28)30-24(32)14-35-22-9-5-18(27)10-17(22)11-23-25(33)31(26(34)36-23)13-16-3-6-19(29)7-4-16/h2-12H,13-14H2,1H3,(H,30,32)/b23-11-. The number of hydrogen-bond donors (Lipinski definition) is 1. The second kappa shape index (κ2) is 11.8. The van der Waals surface area contributed by atoms with Gasteiger partial charge in [0.05, 0.1) is 11.4 Å². The molecule has 1 N–H and O–H groups in total. The summed E-state index contributed by atoms with van der Waals surface area (Å²) in [6.45, 7) is 1.83. The highest BCUT2D eigenvalue weighted by molar-refractivity contribution is 14.1. The van der Waals surface area contributed by atoms with E-state index >= 15 is 0 Å². The summed E-state index contributed by atoms with van der Waals surface area (Å²) in [6.07, 6.45) is 1.61. The van der Waals surface area contributed by atoms with Crippen LogP contribution in [-0.2, 0) is 16.1 Å². The van der Waals surface area contributed by atoms with E-state index in [4.69, 9.17) is 16.3 Å². The Kier molecular flexibility index (Phi) is 8.76. The minimum Gasteiger partial charge on any atom is -0.483 e. The highest BCUT2D eigenvalue weighted by Crippen LogP contribution is 2.35. The highest BCUT2D eigenvalue weighted by Gasteiger charge is 2.35. The van der Waals surface area contributed by atoms with Crippen molar-refractivity contribution in [2.75, 3.05) is 11.9 Å². The molecule has 0 saturated carbocycles. The number of hydrogen-bond acceptors (Lipinski definition) is 5. The zero-order chi connectivity index (χ0) is 25.8. The first-order valence-electron chi connectivity index (χ1n) is 10.7. The molecule has 1 fully saturated rings. The van der Waals surface area contributed by atoms with Crippen molar-refractivity contribution in [3.8, 4) is 5.75 Å². The molecule has 0 unspecified atom stereocenters. The third-order valence-corrected chi connectivity index (χ3v) is 7.73. The molecule has 0 spiro atoms. The molecule has 0 bridgehead atoms. The van der Waals surface area contributed by atoms with Crippen molar-refractivity contribution in [1.82, 2.24) is 4.90 Å². The number of amides is 3. The lowest BCUT2D eigenvalue weighted by molar-refractivity contribution is -0.123. The normalized spacial score (nSPS) is 14.4. The van der Waals surface area contributed by atoms with Crippen LogP contribution in [0.1, 0.15) is 16.7 Å². The number of carbonyl (C=O) groups excluding carboxylic acids is 3. The van der Waals surface area contributed by atoms with Crippen LogP contribution < -0.4 is 10.1 Å². The van der Waals surface area contributed by atoms with E-state index < -0.39 is 0 Å². The summed E-state index contributed by atoms with van der Waals surface area (Å²) in [6, 6.07) is 18.1. The number of thioether (sulfide) groups is 1. The molecule has 4 rings (SSSR count). The van der Waals surface area contributed by atoms with Crippen LogP contribution in [0.5, 0.6) is 5.75 Å². The van der Waals surface area contributed by atoms with E-state index in [9.17, 15) is 14.4 Å². The maximum atomic E-state index is 13.0. The van der Waals surface area contributed by atoms with Crippen LogP contribution in [-0.4, -0.2) is 28.6 Å². The van der Waals surface area contributed by atoms with Gasteiger partial charge in [0.2, 0.25) is 0 Å². The lowest BCUT2D eigenvalue weighted by Crippen LogP contribution is -2.27. The number of aryl methyl sites for hydroxylation is 1. The number of carbonyl (C=O) groups is 3. The third-order valence-electron chi connectivity index (χ3n) is 5.20. The van der Waals surface area contributed by atoms with Gasteiger partial charge in [0.1, 0.15) is 5.75 Å². The Bertz CT molecular complexity index is 1380. The summed E-state index contributed by atoms with van der Waals surface area (Å²) in [4.78, 5) is 39.5. The van der Waals surface area contributed by atoms with Gasteiger partial charge in [-0.25, -0.2) is 0 Å². The largest absolute Gasteiger partial charge is 0.483 e. The van der Waals surface area contributed by atoms with E-state index in [2.05, 4.69) is 43.8 Å². The average molecular weight is 698 g/mol. The Labute approximate surface area is 239 Å². The predicted octanol–water partition coefficient (Wildman–Crippen LogP) is 7.27. The molecule has 6 nitrogen and oxygen atoms in total. The Morgan fingerprint density at radius 2 is 1.89 bits per heavy atom. The summed E-state index contributed by atoms with van der Waals surface area (Å²) >= 11 is 12.6. The molecule has 184 valence electrons. The minimum atomic E-state index is -0.372. The van der Waals surface area contributed by atoms with E-state index in [1.807, 2.05) is 37.3 Å². The second-order valence-corrected chi connectivity index (χ2v) is 11.4. The van der Waals surface area contributed by atoms with Gasteiger partial charge in [-0.2, -0.15) is 0 Å². The number of benzene rings is 3. The number of nitrogens with zero attached hydrogens (tertiary/aromatic N) is 1. The van der Waals surface area contributed by atoms with Gasteiger partial charge in [-0.15, -0.1) is 0 Å². The smallest absolute Gasteiger partial charge is 0.293 e. The quantitative estimate of drug-likeness (QED) is 0.208. The maximum Gasteiger partial charge on any atom is 0.293 e. The van der Waals surface area contributed by atoms with Crippen LogP contribution in [0.4, 0.5) is 10.5 Å². The lowest BCUT2D eigenvalue weighted by Gasteiger charge is -2.13. The first-order chi connectivity index (χ1) is 17.2. The number of nitrogens with one attached hydrogen (secondary N) is 1. The van der Waals surface area contributed by atoms with Gasteiger partial charge < -0.3 is 10.1 Å². The third kappa shape index (κ3) is 6.70. The maximum absolute atomic E-state index is 13.0. The summed E-state index contributed by atoms with van der Waals surface area (Å²) in [5.74, 6) is -0.329. The van der Waals surface area contributed by atoms with Crippen LogP contribution >= 0.6 is 61.9 Å². The molecule has 0 radical (unpaired) electrons. The second-order valence-electron chi connectivity index (χ2n) is 7.88. The molecule has 1 aliphatic heterocycles. The van der Waals surface area contributed by atoms with E-state index in [-0.39, 0.29) is 35.1 Å². The fraction of sp³-hybridized carbons (Fsp3) is 0.115. The first kappa shape index (κ1) is 26.7. The number of rotatable bonds is 7. The molecule has 1 aliphatic rings. The fourth-order valence-electron chi connectivity index (χ4n) is 3.32. The molecule has 1 saturated heterocycles. The summed E-state index contributed by atoms with van der Waals surface area (Å²) < 4.78 is 7.59. The predicted molar refractivity (Wildman–Crippen MR) is 155 cm³/mol. The molecular formula is C26H19BrClIN2O4S. The van der Waals surface area contributed by atoms with Gasteiger partial charge in [0, 0.05) is 24.3 Å². The van der Waals surface area contributed by atoms with Gasteiger partial charge in [-0.3, -0.25) is 19.3 Å². The molecule has 36 heavy (non-hydrogen) atoms. The van der Waals surface area contributed by atoms with Gasteiger partial charge >= 0.3 is 0 Å². The number of ether oxygens (including phenoxy) is 1. The lowest BCUT2D eigenvalue weighted by atomic mass is 10.1. The van der Waals surface area contributed by atoms with Crippen molar-refractivity contribution < 1.29 is 19.1 Å². The first-order valence-corrected chi connectivity index (χ1v) is 13.7. The molecule has 0 atom stereocenters. The van der Waals surface area contributed by atoms with E-state index in [0.29, 0.717) is 22.0 Å². The van der Waals surface area contributed by atoms with Gasteiger partial charge in [-0.1, -0.05) is 45.7 Å². The number of halogens is 3. The summed E-state index contributed by atoms with van der Waals surface area (Å²) in [7, 11) is 0. The minimum absolute atomic E-state index is 0.198. The zero-order valence-corrected chi connectivity index (χ0v) is 24.2. The van der Waals surface area contributed by atoms with Gasteiger partial charge in [-0.05, 0) is 101 Å². The van der Waals surface area contributed by atoms with Crippen LogP contribution in [0.25, 0.3) is 6.08 Å². The van der Waals surface area contributed by atoms with Crippen molar-refractivity contribution in [1.29, 1.82) is 0 Å². The molecule has 3 aromatic rings. The van der Waals surface area contributed by atoms with Crippen molar-refractivity contribution in [2.24, 2.45) is 0 Å². The number of anilines is 1. The summed E-state index contributed by atoms with van der Waals surface area (Å²) in [5, 5.41) is 2.97. The molecule has 1 heterocycles. The van der Waals surface area contributed by atoms with Crippen molar-refractivity contribution in [2.45, 2.75) is 13.5 Å². The zero-order valence-electron chi connectivity index (χ0n) is 18.9. The molecule has 3 aromatic carbocycles. The van der Waals surface area contributed by atoms with Crippen molar-refractivity contribution in [3.05, 3.63) is 95.3 Å². The van der Waals surface area contributed by atoms with Crippen LogP contribution in [0.15, 0.2) is 70.0 Å². The molecule has 0 aromatic heterocycles. The SMILES string of the molecule is Cc1ccc(NC(=O)COc2ccc(Br)cc2/C=C2\SC(=O)N(Cc3ccc(I)cc3)C2=O)cc1Cl. The average Bonchev–Trinajstić information content (AvgIpc) is 3.09. The van der Waals surface area contributed by atoms with Gasteiger partial charge in [0.25, 0.3) is 17.1 Å². The Morgan fingerprint density at radius 3 is 2.61 bits per heavy atom.